The molecule has 1 aliphatic rings. The third kappa shape index (κ3) is 5.41. The van der Waals surface area contributed by atoms with Crippen molar-refractivity contribution in [1.82, 2.24) is 9.97 Å². The predicted molar refractivity (Wildman–Crippen MR) is 135 cm³/mol. The minimum atomic E-state index is -4.58. The van der Waals surface area contributed by atoms with Gasteiger partial charge >= 0.3 is 12.1 Å². The molecule has 5 rings (SSSR count). The third-order valence-electron chi connectivity index (χ3n) is 6.33. The van der Waals surface area contributed by atoms with E-state index in [1.165, 1.54) is 54.9 Å². The lowest BCUT2D eigenvalue weighted by molar-refractivity contribution is -0.137. The van der Waals surface area contributed by atoms with Gasteiger partial charge in [-0.3, -0.25) is 0 Å². The van der Waals surface area contributed by atoms with Gasteiger partial charge in [0.15, 0.2) is 0 Å². The average molecular weight is 556 g/mol. The van der Waals surface area contributed by atoms with Crippen molar-refractivity contribution in [3.05, 3.63) is 101 Å². The first-order valence-corrected chi connectivity index (χ1v) is 13.1. The van der Waals surface area contributed by atoms with Crippen molar-refractivity contribution in [3.8, 4) is 16.9 Å². The van der Waals surface area contributed by atoms with E-state index in [0.29, 0.717) is 28.7 Å². The van der Waals surface area contributed by atoms with E-state index in [-0.39, 0.29) is 28.8 Å². The van der Waals surface area contributed by atoms with E-state index in [2.05, 4.69) is 14.7 Å². The van der Waals surface area contributed by atoms with E-state index >= 15 is 0 Å². The molecule has 0 amide bonds. The second-order valence-electron chi connectivity index (χ2n) is 8.75. The van der Waals surface area contributed by atoms with Gasteiger partial charge in [-0.05, 0) is 59.5 Å². The number of carboxylic acids is 1. The fourth-order valence-corrected chi connectivity index (χ4v) is 5.44. The number of rotatable bonds is 6. The summed E-state index contributed by atoms with van der Waals surface area (Å²) in [6.45, 7) is 0.203. The zero-order chi connectivity index (χ0) is 27.8. The first kappa shape index (κ1) is 26.2. The van der Waals surface area contributed by atoms with Gasteiger partial charge in [-0.1, -0.05) is 24.3 Å². The number of anilines is 1. The molecule has 0 fully saturated rings. The number of nitrogens with one attached hydrogen (secondary N) is 1. The monoisotopic (exact) mass is 555 g/mol. The molecule has 0 spiro atoms. The van der Waals surface area contributed by atoms with Gasteiger partial charge in [0.2, 0.25) is 5.95 Å². The van der Waals surface area contributed by atoms with Crippen LogP contribution in [0.5, 0.6) is 5.75 Å². The van der Waals surface area contributed by atoms with Gasteiger partial charge in [-0.15, -0.1) is 0 Å². The van der Waals surface area contributed by atoms with E-state index < -0.39 is 33.7 Å². The summed E-state index contributed by atoms with van der Waals surface area (Å²) in [6.07, 6.45) is -1.37. The standard InChI is InChI=1S/C27H20F3N3O5S/c28-27(29,30)18-6-8-20(23(14-18)16-2-4-17(5-3-16)25(34)35)21-10-13-38-24-15-19(7-9-22(21)24)39(36,37)33-26-31-11-1-12-32-26/h1-9,11-12,14-15,21H,10,13H2,(H,34,35)(H,31,32,33)/t21-/m0/s1. The van der Waals surface area contributed by atoms with Gasteiger partial charge in [-0.25, -0.2) is 27.9 Å². The molecular formula is C27H20F3N3O5S. The van der Waals surface area contributed by atoms with Gasteiger partial charge < -0.3 is 9.84 Å². The highest BCUT2D eigenvalue weighted by Gasteiger charge is 2.33. The Balaban J connectivity index is 1.56. The van der Waals surface area contributed by atoms with Crippen molar-refractivity contribution in [1.29, 1.82) is 0 Å². The number of fused-ring (bicyclic) bond motifs is 1. The average Bonchev–Trinajstić information content (AvgIpc) is 2.92. The first-order valence-electron chi connectivity index (χ1n) is 11.6. The van der Waals surface area contributed by atoms with Crippen molar-refractivity contribution < 1.29 is 36.2 Å². The molecule has 0 bridgehead atoms. The molecule has 0 saturated heterocycles. The number of aromatic carboxylic acids is 1. The summed E-state index contributed by atoms with van der Waals surface area (Å²) in [7, 11) is -4.04. The molecule has 4 aromatic rings. The number of alkyl halides is 3. The summed E-state index contributed by atoms with van der Waals surface area (Å²) < 4.78 is 74.7. The molecule has 0 radical (unpaired) electrons. The Hall–Kier alpha value is -4.45. The van der Waals surface area contributed by atoms with Crippen LogP contribution in [0.4, 0.5) is 19.1 Å². The Labute approximate surface area is 221 Å². The summed E-state index contributed by atoms with van der Waals surface area (Å²) >= 11 is 0. The molecule has 8 nitrogen and oxygen atoms in total. The summed E-state index contributed by atoms with van der Waals surface area (Å²) in [5, 5.41) is 9.21. The SMILES string of the molecule is O=C(O)c1ccc(-c2cc(C(F)(F)F)ccc2[C@@H]2CCOc3cc(S(=O)(=O)Nc4ncccn4)ccc32)cc1. The van der Waals surface area contributed by atoms with Crippen LogP contribution in [-0.4, -0.2) is 36.1 Å². The van der Waals surface area contributed by atoms with Crippen LogP contribution in [0.25, 0.3) is 11.1 Å². The van der Waals surface area contributed by atoms with Crippen molar-refractivity contribution in [2.24, 2.45) is 0 Å². The Kier molecular flexibility index (Phi) is 6.73. The van der Waals surface area contributed by atoms with E-state index in [4.69, 9.17) is 4.74 Å². The third-order valence-corrected chi connectivity index (χ3v) is 7.65. The quantitative estimate of drug-likeness (QED) is 0.319. The second kappa shape index (κ2) is 10.0. The van der Waals surface area contributed by atoms with Crippen LogP contribution in [0.1, 0.15) is 39.4 Å². The van der Waals surface area contributed by atoms with Gasteiger partial charge in [0.1, 0.15) is 5.75 Å². The number of halogens is 3. The molecule has 12 heteroatoms. The summed E-state index contributed by atoms with van der Waals surface area (Å²) in [5.41, 5.74) is 1.06. The summed E-state index contributed by atoms with van der Waals surface area (Å²) in [5.74, 6) is -1.37. The smallest absolute Gasteiger partial charge is 0.416 e. The van der Waals surface area contributed by atoms with Crippen molar-refractivity contribution >= 4 is 21.9 Å². The molecule has 2 N–H and O–H groups in total. The topological polar surface area (TPSA) is 118 Å². The normalized spacial score (nSPS) is 15.2. The first-order chi connectivity index (χ1) is 18.5. The van der Waals surface area contributed by atoms with Gasteiger partial charge in [0.25, 0.3) is 10.0 Å². The fourth-order valence-electron chi connectivity index (χ4n) is 4.47. The number of nitrogens with zero attached hydrogens (tertiary/aromatic N) is 2. The lowest BCUT2D eigenvalue weighted by atomic mass is 9.82. The maximum Gasteiger partial charge on any atom is 0.416 e. The highest BCUT2D eigenvalue weighted by Crippen LogP contribution is 2.44. The van der Waals surface area contributed by atoms with Gasteiger partial charge in [-0.2, -0.15) is 13.2 Å². The van der Waals surface area contributed by atoms with Crippen molar-refractivity contribution in [2.45, 2.75) is 23.4 Å². The molecular weight excluding hydrogens is 535 g/mol. The molecule has 0 aliphatic carbocycles. The summed E-state index contributed by atoms with van der Waals surface area (Å²) in [6, 6.07) is 14.9. The number of ether oxygens (including phenoxy) is 1. The molecule has 0 unspecified atom stereocenters. The maximum absolute atomic E-state index is 13.6. The van der Waals surface area contributed by atoms with Crippen LogP contribution in [0.2, 0.25) is 0 Å². The maximum atomic E-state index is 13.6. The fraction of sp³-hybridized carbons (Fsp3) is 0.148. The second-order valence-corrected chi connectivity index (χ2v) is 10.4. The molecule has 0 saturated carbocycles. The predicted octanol–water partition coefficient (Wildman–Crippen LogP) is 5.58. The Morgan fingerprint density at radius 3 is 2.33 bits per heavy atom. The minimum absolute atomic E-state index is 0.00642. The van der Waals surface area contributed by atoms with Crippen molar-refractivity contribution in [2.75, 3.05) is 11.3 Å². The number of carboxylic acid groups (broad SMARTS) is 1. The van der Waals surface area contributed by atoms with Gasteiger partial charge in [0, 0.05) is 29.9 Å². The Morgan fingerprint density at radius 2 is 1.67 bits per heavy atom. The molecule has 3 aromatic carbocycles. The zero-order valence-electron chi connectivity index (χ0n) is 20.0. The molecule has 39 heavy (non-hydrogen) atoms. The van der Waals surface area contributed by atoms with E-state index in [9.17, 15) is 31.5 Å². The van der Waals surface area contributed by atoms with Crippen LogP contribution in [0.3, 0.4) is 0 Å². The van der Waals surface area contributed by atoms with Crippen LogP contribution in [0, 0.1) is 0 Å². The van der Waals surface area contributed by atoms with Crippen LogP contribution in [0.15, 0.2) is 84.0 Å². The number of aromatic nitrogens is 2. The van der Waals surface area contributed by atoms with E-state index in [1.54, 1.807) is 12.1 Å². The highest BCUT2D eigenvalue weighted by molar-refractivity contribution is 7.92. The van der Waals surface area contributed by atoms with Crippen LogP contribution >= 0.6 is 0 Å². The number of sulfonamides is 1. The van der Waals surface area contributed by atoms with Crippen molar-refractivity contribution in [3.63, 3.8) is 0 Å². The van der Waals surface area contributed by atoms with Gasteiger partial charge in [0.05, 0.1) is 22.6 Å². The number of benzene rings is 3. The molecule has 1 atom stereocenters. The Bertz CT molecular complexity index is 1640. The summed E-state index contributed by atoms with van der Waals surface area (Å²) in [4.78, 5) is 18.9. The number of carbonyl (C=O) groups is 1. The van der Waals surface area contributed by atoms with Crippen LogP contribution in [-0.2, 0) is 16.2 Å². The van der Waals surface area contributed by atoms with E-state index in [0.717, 1.165) is 12.1 Å². The van der Waals surface area contributed by atoms with Crippen LogP contribution < -0.4 is 9.46 Å². The van der Waals surface area contributed by atoms with E-state index in [1.807, 2.05) is 0 Å². The number of hydrogen-bond donors (Lipinski definition) is 2. The molecule has 200 valence electrons. The largest absolute Gasteiger partial charge is 0.493 e. The lowest BCUT2D eigenvalue weighted by Crippen LogP contribution is -2.19. The minimum Gasteiger partial charge on any atom is -0.493 e. The molecule has 1 aromatic heterocycles. The highest BCUT2D eigenvalue weighted by atomic mass is 32.2. The number of hydrogen-bond acceptors (Lipinski definition) is 6. The molecule has 1 aliphatic heterocycles. The molecule has 2 heterocycles. The lowest BCUT2D eigenvalue weighted by Gasteiger charge is -2.29. The zero-order valence-corrected chi connectivity index (χ0v) is 20.8. The Morgan fingerprint density at radius 1 is 0.974 bits per heavy atom.